The van der Waals surface area contributed by atoms with Gasteiger partial charge in [-0.15, -0.1) is 0 Å². The van der Waals surface area contributed by atoms with Gasteiger partial charge >= 0.3 is 0 Å². The summed E-state index contributed by atoms with van der Waals surface area (Å²) in [5.74, 6) is 0. The highest BCUT2D eigenvalue weighted by Crippen LogP contribution is 2.19. The van der Waals surface area contributed by atoms with E-state index >= 15 is 0 Å². The average Bonchev–Trinajstić information content (AvgIpc) is 2.89. The van der Waals surface area contributed by atoms with Crippen LogP contribution in [-0.4, -0.2) is 27.7 Å². The maximum absolute atomic E-state index is 12.1. The van der Waals surface area contributed by atoms with Gasteiger partial charge in [-0.3, -0.25) is 0 Å². The lowest BCUT2D eigenvalue weighted by molar-refractivity contribution is 0.114. The molecule has 1 saturated heterocycles. The second kappa shape index (κ2) is 5.90. The summed E-state index contributed by atoms with van der Waals surface area (Å²) in [4.78, 5) is 0.209. The van der Waals surface area contributed by atoms with Gasteiger partial charge in [-0.05, 0) is 37.0 Å². The van der Waals surface area contributed by atoms with Crippen LogP contribution in [0.25, 0.3) is 0 Å². The highest BCUT2D eigenvalue weighted by Gasteiger charge is 2.20. The third-order valence-corrected chi connectivity index (χ3v) is 4.75. The van der Waals surface area contributed by atoms with Crippen molar-refractivity contribution in [1.29, 1.82) is 0 Å². The number of benzene rings is 1. The summed E-state index contributed by atoms with van der Waals surface area (Å²) in [6.45, 7) is 3.01. The van der Waals surface area contributed by atoms with Crippen molar-refractivity contribution in [1.82, 2.24) is 4.72 Å². The first-order valence-corrected chi connectivity index (χ1v) is 8.01. The van der Waals surface area contributed by atoms with E-state index in [0.29, 0.717) is 18.8 Å². The predicted molar refractivity (Wildman–Crippen MR) is 74.4 cm³/mol. The number of rotatable bonds is 5. The first kappa shape index (κ1) is 14.3. The molecule has 0 spiro atoms. The molecule has 0 aliphatic carbocycles. The molecule has 0 radical (unpaired) electrons. The van der Waals surface area contributed by atoms with E-state index in [0.717, 1.165) is 24.8 Å². The third kappa shape index (κ3) is 3.46. The first-order chi connectivity index (χ1) is 9.03. The van der Waals surface area contributed by atoms with Crippen LogP contribution in [0.15, 0.2) is 23.1 Å². The SMILES string of the molecule is CCc1ccc(S(=O)(=O)NCC2CCCO2)cc1N. The summed E-state index contributed by atoms with van der Waals surface area (Å²) in [6.07, 6.45) is 2.67. The van der Waals surface area contributed by atoms with Crippen LogP contribution in [0.4, 0.5) is 5.69 Å². The van der Waals surface area contributed by atoms with Crippen molar-refractivity contribution < 1.29 is 13.2 Å². The Morgan fingerprint density at radius 1 is 1.47 bits per heavy atom. The van der Waals surface area contributed by atoms with Gasteiger partial charge in [0, 0.05) is 18.8 Å². The highest BCUT2D eigenvalue weighted by atomic mass is 32.2. The molecule has 0 bridgehead atoms. The monoisotopic (exact) mass is 284 g/mol. The molecular weight excluding hydrogens is 264 g/mol. The zero-order chi connectivity index (χ0) is 13.9. The Bertz CT molecular complexity index is 537. The number of hydrogen-bond acceptors (Lipinski definition) is 4. The maximum Gasteiger partial charge on any atom is 0.240 e. The molecule has 106 valence electrons. The summed E-state index contributed by atoms with van der Waals surface area (Å²) in [5, 5.41) is 0. The zero-order valence-corrected chi connectivity index (χ0v) is 11.9. The lowest BCUT2D eigenvalue weighted by atomic mass is 10.1. The largest absolute Gasteiger partial charge is 0.398 e. The van der Waals surface area contributed by atoms with Crippen molar-refractivity contribution in [2.75, 3.05) is 18.9 Å². The van der Waals surface area contributed by atoms with Crippen molar-refractivity contribution >= 4 is 15.7 Å². The molecule has 1 fully saturated rings. The minimum Gasteiger partial charge on any atom is -0.398 e. The average molecular weight is 284 g/mol. The standard InChI is InChI=1S/C13H20N2O3S/c1-2-10-5-6-12(8-13(10)14)19(16,17)15-9-11-4-3-7-18-11/h5-6,8,11,15H,2-4,7,9,14H2,1H3. The number of ether oxygens (including phenoxy) is 1. The molecule has 3 N–H and O–H groups in total. The van der Waals surface area contributed by atoms with Gasteiger partial charge in [0.2, 0.25) is 10.0 Å². The van der Waals surface area contributed by atoms with Crippen LogP contribution in [0, 0.1) is 0 Å². The number of sulfonamides is 1. The van der Waals surface area contributed by atoms with E-state index in [1.165, 1.54) is 6.07 Å². The number of aryl methyl sites for hydroxylation is 1. The molecule has 1 heterocycles. The third-order valence-electron chi connectivity index (χ3n) is 3.33. The number of nitrogen functional groups attached to an aromatic ring is 1. The Hall–Kier alpha value is -1.11. The Morgan fingerprint density at radius 3 is 2.84 bits per heavy atom. The van der Waals surface area contributed by atoms with E-state index < -0.39 is 10.0 Å². The molecule has 5 nitrogen and oxygen atoms in total. The molecule has 1 unspecified atom stereocenters. The fourth-order valence-electron chi connectivity index (χ4n) is 2.15. The Kier molecular flexibility index (Phi) is 4.44. The second-order valence-electron chi connectivity index (χ2n) is 4.70. The van der Waals surface area contributed by atoms with Gasteiger partial charge in [-0.2, -0.15) is 0 Å². The minimum atomic E-state index is -3.51. The molecule has 2 rings (SSSR count). The van der Waals surface area contributed by atoms with Crippen LogP contribution in [0.5, 0.6) is 0 Å². The van der Waals surface area contributed by atoms with Gasteiger partial charge in [-0.1, -0.05) is 13.0 Å². The van der Waals surface area contributed by atoms with Gasteiger partial charge < -0.3 is 10.5 Å². The van der Waals surface area contributed by atoms with Gasteiger partial charge in [0.25, 0.3) is 0 Å². The minimum absolute atomic E-state index is 0.0120. The quantitative estimate of drug-likeness (QED) is 0.798. The summed E-state index contributed by atoms with van der Waals surface area (Å²) < 4.78 is 32.2. The topological polar surface area (TPSA) is 81.4 Å². The van der Waals surface area contributed by atoms with Gasteiger partial charge in [0.1, 0.15) is 0 Å². The molecule has 19 heavy (non-hydrogen) atoms. The van der Waals surface area contributed by atoms with E-state index in [2.05, 4.69) is 4.72 Å². The normalized spacial score (nSPS) is 19.7. The van der Waals surface area contributed by atoms with E-state index in [1.54, 1.807) is 12.1 Å². The molecule has 0 amide bonds. The zero-order valence-electron chi connectivity index (χ0n) is 11.1. The van der Waals surface area contributed by atoms with Crippen LogP contribution < -0.4 is 10.5 Å². The van der Waals surface area contributed by atoms with Crippen LogP contribution >= 0.6 is 0 Å². The molecule has 1 aliphatic rings. The molecule has 0 saturated carbocycles. The second-order valence-corrected chi connectivity index (χ2v) is 6.47. The Balaban J connectivity index is 2.08. The molecule has 1 atom stereocenters. The Morgan fingerprint density at radius 2 is 2.26 bits per heavy atom. The molecule has 1 aromatic rings. The number of hydrogen-bond donors (Lipinski definition) is 2. The molecule has 1 aromatic carbocycles. The number of nitrogens with one attached hydrogen (secondary N) is 1. The lowest BCUT2D eigenvalue weighted by Crippen LogP contribution is -2.31. The number of nitrogens with two attached hydrogens (primary N) is 1. The smallest absolute Gasteiger partial charge is 0.240 e. The van der Waals surface area contributed by atoms with Crippen LogP contribution in [-0.2, 0) is 21.2 Å². The van der Waals surface area contributed by atoms with E-state index in [1.807, 2.05) is 6.92 Å². The molecule has 1 aliphatic heterocycles. The van der Waals surface area contributed by atoms with Gasteiger partial charge in [0.15, 0.2) is 0 Å². The van der Waals surface area contributed by atoms with Crippen LogP contribution in [0.3, 0.4) is 0 Å². The van der Waals surface area contributed by atoms with Crippen LogP contribution in [0.1, 0.15) is 25.3 Å². The predicted octanol–water partition coefficient (Wildman–Crippen LogP) is 1.29. The first-order valence-electron chi connectivity index (χ1n) is 6.52. The van der Waals surface area contributed by atoms with E-state index in [-0.39, 0.29) is 11.0 Å². The van der Waals surface area contributed by atoms with Gasteiger partial charge in [0.05, 0.1) is 11.0 Å². The molecule has 0 aromatic heterocycles. The summed E-state index contributed by atoms with van der Waals surface area (Å²) >= 11 is 0. The van der Waals surface area contributed by atoms with Gasteiger partial charge in [-0.25, -0.2) is 13.1 Å². The van der Waals surface area contributed by atoms with Crippen molar-refractivity contribution in [2.45, 2.75) is 37.2 Å². The fraction of sp³-hybridized carbons (Fsp3) is 0.538. The maximum atomic E-state index is 12.1. The summed E-state index contributed by atoms with van der Waals surface area (Å²) in [7, 11) is -3.51. The van der Waals surface area contributed by atoms with Crippen LogP contribution in [0.2, 0.25) is 0 Å². The van der Waals surface area contributed by atoms with E-state index in [4.69, 9.17) is 10.5 Å². The lowest BCUT2D eigenvalue weighted by Gasteiger charge is -2.12. The summed E-state index contributed by atoms with van der Waals surface area (Å²) in [6, 6.07) is 4.86. The molecular formula is C13H20N2O3S. The highest BCUT2D eigenvalue weighted by molar-refractivity contribution is 7.89. The van der Waals surface area contributed by atoms with Crippen molar-refractivity contribution in [3.8, 4) is 0 Å². The van der Waals surface area contributed by atoms with Crippen molar-refractivity contribution in [3.05, 3.63) is 23.8 Å². The molecule has 6 heteroatoms. The van der Waals surface area contributed by atoms with Crippen molar-refractivity contribution in [3.63, 3.8) is 0 Å². The summed E-state index contributed by atoms with van der Waals surface area (Å²) in [5.41, 5.74) is 7.30. The van der Waals surface area contributed by atoms with Crippen molar-refractivity contribution in [2.24, 2.45) is 0 Å². The fourth-order valence-corrected chi connectivity index (χ4v) is 3.25. The number of anilines is 1. The Labute approximate surface area is 114 Å². The van der Waals surface area contributed by atoms with E-state index in [9.17, 15) is 8.42 Å².